The lowest BCUT2D eigenvalue weighted by atomic mass is 9.87. The van der Waals surface area contributed by atoms with Crippen molar-refractivity contribution in [3.05, 3.63) is 101 Å². The Kier molecular flexibility index (Phi) is 9.52. The number of carboxylic acid groups (broad SMARTS) is 1. The first-order valence-corrected chi connectivity index (χ1v) is 14.2. The van der Waals surface area contributed by atoms with Gasteiger partial charge in [0.25, 0.3) is 0 Å². The van der Waals surface area contributed by atoms with Crippen LogP contribution in [0.15, 0.2) is 72.8 Å². The number of nitrogens with zero attached hydrogens (tertiary/aromatic N) is 1. The van der Waals surface area contributed by atoms with Crippen LogP contribution in [-0.4, -0.2) is 43.4 Å². The lowest BCUT2D eigenvalue weighted by Gasteiger charge is -2.40. The predicted octanol–water partition coefficient (Wildman–Crippen LogP) is 5.27. The van der Waals surface area contributed by atoms with Crippen molar-refractivity contribution in [2.24, 2.45) is 0 Å². The second-order valence-corrected chi connectivity index (χ2v) is 10.6. The van der Waals surface area contributed by atoms with Crippen LogP contribution in [0.4, 0.5) is 4.79 Å². The molecule has 1 amide bonds. The molecule has 0 spiro atoms. The molecule has 0 radical (unpaired) electrons. The summed E-state index contributed by atoms with van der Waals surface area (Å²) in [5.41, 5.74) is 6.34. The van der Waals surface area contributed by atoms with Gasteiger partial charge in [-0.3, -0.25) is 0 Å². The van der Waals surface area contributed by atoms with Gasteiger partial charge < -0.3 is 29.0 Å². The van der Waals surface area contributed by atoms with Crippen molar-refractivity contribution >= 4 is 6.09 Å². The Morgan fingerprint density at radius 3 is 2.46 bits per heavy atom. The van der Waals surface area contributed by atoms with Crippen LogP contribution in [0.5, 0.6) is 5.75 Å². The van der Waals surface area contributed by atoms with Crippen molar-refractivity contribution in [3.63, 3.8) is 0 Å². The summed E-state index contributed by atoms with van der Waals surface area (Å²) in [5, 5.41) is 11.6. The molecule has 1 heterocycles. The maximum atomic E-state index is 11.6. The van der Waals surface area contributed by atoms with Gasteiger partial charge in [-0.25, -0.2) is 0 Å². The molecule has 6 nitrogen and oxygen atoms in total. The summed E-state index contributed by atoms with van der Waals surface area (Å²) < 4.78 is 18.0. The lowest BCUT2D eigenvalue weighted by Crippen LogP contribution is -2.51. The van der Waals surface area contributed by atoms with Crippen LogP contribution >= 0.6 is 0 Å². The van der Waals surface area contributed by atoms with Gasteiger partial charge in [-0.1, -0.05) is 60.7 Å². The average molecular weight is 529 g/mol. The molecular weight excluding hydrogens is 490 g/mol. The van der Waals surface area contributed by atoms with E-state index in [0.717, 1.165) is 36.1 Å². The minimum atomic E-state index is -1.13. The van der Waals surface area contributed by atoms with E-state index in [1.807, 2.05) is 30.3 Å². The number of carbonyl (C=O) groups is 1. The van der Waals surface area contributed by atoms with Crippen LogP contribution in [0, 0.1) is 0 Å². The molecule has 206 valence electrons. The van der Waals surface area contributed by atoms with E-state index in [0.29, 0.717) is 45.9 Å². The van der Waals surface area contributed by atoms with E-state index < -0.39 is 6.09 Å². The first-order chi connectivity index (χ1) is 19.2. The van der Waals surface area contributed by atoms with E-state index in [9.17, 15) is 9.90 Å². The minimum Gasteiger partial charge on any atom is -0.530 e. The fraction of sp³-hybridized carbons (Fsp3) is 0.424. The summed E-state index contributed by atoms with van der Waals surface area (Å²) in [6, 6.07) is 24.9. The summed E-state index contributed by atoms with van der Waals surface area (Å²) in [5.74, 6) is 0.930. The number of fused-ring (bicyclic) bond motifs is 1. The number of carbonyl (C=O) groups excluding carboxylic acids is 1. The third kappa shape index (κ3) is 7.61. The van der Waals surface area contributed by atoms with Gasteiger partial charge in [0, 0.05) is 25.4 Å². The number of ether oxygens (including phenoxy) is 3. The van der Waals surface area contributed by atoms with Gasteiger partial charge in [0.05, 0.1) is 32.5 Å². The highest BCUT2D eigenvalue weighted by atomic mass is 16.5. The van der Waals surface area contributed by atoms with Gasteiger partial charge in [-0.15, -0.1) is 0 Å². The number of likely N-dealkylation sites (tertiary alicyclic amines) is 1. The van der Waals surface area contributed by atoms with Gasteiger partial charge in [0.2, 0.25) is 0 Å². The van der Waals surface area contributed by atoms with Gasteiger partial charge in [-0.05, 0) is 72.1 Å². The number of benzene rings is 3. The van der Waals surface area contributed by atoms with Gasteiger partial charge >= 0.3 is 0 Å². The molecule has 3 aromatic carbocycles. The molecule has 3 aromatic rings. The molecular formula is C33H38NO5-. The van der Waals surface area contributed by atoms with E-state index in [1.54, 1.807) is 0 Å². The van der Waals surface area contributed by atoms with Crippen LogP contribution in [0.25, 0.3) is 0 Å². The Morgan fingerprint density at radius 1 is 0.872 bits per heavy atom. The molecule has 1 fully saturated rings. The van der Waals surface area contributed by atoms with Crippen molar-refractivity contribution in [1.82, 2.24) is 4.90 Å². The van der Waals surface area contributed by atoms with Crippen molar-refractivity contribution in [2.45, 2.75) is 63.8 Å². The average Bonchev–Trinajstić information content (AvgIpc) is 2.98. The molecule has 0 saturated carbocycles. The topological polar surface area (TPSA) is 71.1 Å². The highest BCUT2D eigenvalue weighted by molar-refractivity contribution is 5.62. The molecule has 0 N–H and O–H groups in total. The summed E-state index contributed by atoms with van der Waals surface area (Å²) in [7, 11) is 0. The van der Waals surface area contributed by atoms with Gasteiger partial charge in [0.15, 0.2) is 0 Å². The smallest absolute Gasteiger partial charge is 0.137 e. The number of hydrogen-bond donors (Lipinski definition) is 0. The Labute approximate surface area is 231 Å². The summed E-state index contributed by atoms with van der Waals surface area (Å²) in [4.78, 5) is 13.0. The molecule has 0 aromatic heterocycles. The Bertz CT molecular complexity index is 1200. The molecule has 2 unspecified atom stereocenters. The van der Waals surface area contributed by atoms with Gasteiger partial charge in [0.1, 0.15) is 11.8 Å². The fourth-order valence-electron chi connectivity index (χ4n) is 5.64. The zero-order chi connectivity index (χ0) is 26.9. The van der Waals surface area contributed by atoms with Crippen molar-refractivity contribution in [2.75, 3.05) is 26.3 Å². The Morgan fingerprint density at radius 2 is 1.67 bits per heavy atom. The molecule has 1 aliphatic carbocycles. The number of rotatable bonds is 11. The predicted molar refractivity (Wildman–Crippen MR) is 149 cm³/mol. The quantitative estimate of drug-likeness (QED) is 0.317. The summed E-state index contributed by atoms with van der Waals surface area (Å²) in [6.45, 7) is 3.09. The fourth-order valence-corrected chi connectivity index (χ4v) is 5.64. The van der Waals surface area contributed by atoms with E-state index in [-0.39, 0.29) is 12.0 Å². The lowest BCUT2D eigenvalue weighted by molar-refractivity contribution is -0.268. The summed E-state index contributed by atoms with van der Waals surface area (Å²) >= 11 is 0. The van der Waals surface area contributed by atoms with Crippen LogP contribution in [0.1, 0.15) is 59.4 Å². The van der Waals surface area contributed by atoms with E-state index >= 15 is 0 Å². The number of piperidine rings is 1. The zero-order valence-corrected chi connectivity index (χ0v) is 22.6. The Balaban J connectivity index is 1.13. The minimum absolute atomic E-state index is 0.110. The highest BCUT2D eigenvalue weighted by Gasteiger charge is 2.31. The number of aryl methyl sites for hydroxylation is 2. The largest absolute Gasteiger partial charge is 0.530 e. The first-order valence-electron chi connectivity index (χ1n) is 14.2. The molecule has 1 saturated heterocycles. The molecule has 0 bridgehead atoms. The highest BCUT2D eigenvalue weighted by Crippen LogP contribution is 2.32. The molecule has 39 heavy (non-hydrogen) atoms. The third-order valence-electron chi connectivity index (χ3n) is 7.82. The number of hydrogen-bond acceptors (Lipinski definition) is 5. The maximum absolute atomic E-state index is 11.6. The SMILES string of the molecule is O=C([O-])N1CCC(c2ccc(OCCCOCc3ccccc3)cc2)C(OCc2ccc3c(c2)CCCC3)C1. The maximum Gasteiger partial charge on any atom is 0.137 e. The third-order valence-corrected chi connectivity index (χ3v) is 7.82. The monoisotopic (exact) mass is 528 g/mol. The first kappa shape index (κ1) is 27.2. The van der Waals surface area contributed by atoms with Crippen LogP contribution in [0.3, 0.4) is 0 Å². The van der Waals surface area contributed by atoms with Crippen LogP contribution in [-0.2, 0) is 35.5 Å². The molecule has 6 heteroatoms. The van der Waals surface area contributed by atoms with Crippen molar-refractivity contribution < 1.29 is 24.1 Å². The zero-order valence-electron chi connectivity index (χ0n) is 22.6. The second-order valence-electron chi connectivity index (χ2n) is 10.6. The second kappa shape index (κ2) is 13.6. The molecule has 1 aliphatic heterocycles. The Hall–Kier alpha value is -3.35. The van der Waals surface area contributed by atoms with Crippen molar-refractivity contribution in [1.29, 1.82) is 0 Å². The molecule has 2 atom stereocenters. The standard InChI is InChI=1S/C33H39NO5/c35-33(36)34-18-17-31(32(22-34)39-24-26-11-12-27-9-4-5-10-29(27)21-26)28-13-15-30(16-14-28)38-20-6-19-37-23-25-7-2-1-3-8-25/h1-3,7-8,11-16,21,31-32H,4-6,9-10,17-20,22-24H2,(H,35,36)/p-1. The summed E-state index contributed by atoms with van der Waals surface area (Å²) in [6.07, 6.45) is 4.93. The van der Waals surface area contributed by atoms with Crippen molar-refractivity contribution in [3.8, 4) is 5.75 Å². The van der Waals surface area contributed by atoms with E-state index in [2.05, 4.69) is 42.5 Å². The number of amides is 1. The molecule has 5 rings (SSSR count). The van der Waals surface area contributed by atoms with Crippen LogP contribution < -0.4 is 9.84 Å². The van der Waals surface area contributed by atoms with E-state index in [1.165, 1.54) is 34.4 Å². The van der Waals surface area contributed by atoms with E-state index in [4.69, 9.17) is 14.2 Å². The normalized spacial score (nSPS) is 18.9. The van der Waals surface area contributed by atoms with Gasteiger partial charge in [-0.2, -0.15) is 0 Å². The van der Waals surface area contributed by atoms with Crippen LogP contribution in [0.2, 0.25) is 0 Å². The molecule has 2 aliphatic rings.